The van der Waals surface area contributed by atoms with Gasteiger partial charge in [-0.2, -0.15) is 0 Å². The van der Waals surface area contributed by atoms with Crippen molar-refractivity contribution in [2.24, 2.45) is 0 Å². The Morgan fingerprint density at radius 3 is 2.70 bits per heavy atom. The molecule has 3 heteroatoms. The fourth-order valence-corrected chi connectivity index (χ4v) is 0.892. The number of rotatable bonds is 2. The van der Waals surface area contributed by atoms with Gasteiger partial charge in [0.2, 0.25) is 0 Å². The number of nitrogens with one attached hydrogen (secondary N) is 1. The molecule has 0 aromatic heterocycles. The van der Waals surface area contributed by atoms with Crippen molar-refractivity contribution in [3.63, 3.8) is 0 Å². The Hall–Kier alpha value is -0.730. The van der Waals surface area contributed by atoms with E-state index in [0.717, 1.165) is 5.69 Å². The summed E-state index contributed by atoms with van der Waals surface area (Å²) in [6, 6.07) is 7.26. The van der Waals surface area contributed by atoms with E-state index in [0.29, 0.717) is 5.02 Å². The minimum Gasteiger partial charge on any atom is -0.377 e. The first-order chi connectivity index (χ1) is 4.84. The smallest absolute Gasteiger partial charge is 0.113 e. The summed E-state index contributed by atoms with van der Waals surface area (Å²) in [5.41, 5.74) is 0.756. The highest BCUT2D eigenvalue weighted by atomic mass is 35.5. The normalized spacial score (nSPS) is 9.40. The number of hydrogen-bond donors (Lipinski definition) is 2. The molecule has 2 nitrogen and oxygen atoms in total. The van der Waals surface area contributed by atoms with Crippen molar-refractivity contribution in [1.29, 1.82) is 0 Å². The van der Waals surface area contributed by atoms with Crippen molar-refractivity contribution in [2.45, 2.75) is 0 Å². The second kappa shape index (κ2) is 3.44. The average Bonchev–Trinajstić information content (AvgIpc) is 1.94. The van der Waals surface area contributed by atoms with Gasteiger partial charge in [-0.3, -0.25) is 0 Å². The number of benzene rings is 1. The van der Waals surface area contributed by atoms with Crippen molar-refractivity contribution in [3.8, 4) is 0 Å². The lowest BCUT2D eigenvalue weighted by molar-refractivity contribution is 0.325. The van der Waals surface area contributed by atoms with Crippen molar-refractivity contribution < 1.29 is 5.11 Å². The maximum Gasteiger partial charge on any atom is 0.113 e. The van der Waals surface area contributed by atoms with E-state index in [1.165, 1.54) is 0 Å². The van der Waals surface area contributed by atoms with Gasteiger partial charge in [0.1, 0.15) is 6.73 Å². The number of halogens is 1. The lowest BCUT2D eigenvalue weighted by Crippen LogP contribution is -1.99. The Bertz CT molecular complexity index is 215. The molecule has 54 valence electrons. The molecule has 10 heavy (non-hydrogen) atoms. The maximum atomic E-state index is 8.47. The molecule has 0 aliphatic rings. The van der Waals surface area contributed by atoms with Crippen molar-refractivity contribution >= 4 is 17.3 Å². The molecule has 0 atom stereocenters. The van der Waals surface area contributed by atoms with Gasteiger partial charge in [0.05, 0.1) is 10.7 Å². The Kier molecular flexibility index (Phi) is 2.54. The van der Waals surface area contributed by atoms with Gasteiger partial charge in [0.25, 0.3) is 0 Å². The third-order valence-electron chi connectivity index (χ3n) is 1.14. The summed E-state index contributed by atoms with van der Waals surface area (Å²) in [7, 11) is 0. The van der Waals surface area contributed by atoms with Gasteiger partial charge in [0, 0.05) is 0 Å². The minimum atomic E-state index is -0.0935. The molecule has 0 aliphatic carbocycles. The largest absolute Gasteiger partial charge is 0.377 e. The van der Waals surface area contributed by atoms with E-state index in [9.17, 15) is 0 Å². The molecule has 0 saturated heterocycles. The number of aliphatic hydroxyl groups excluding tert-OH is 1. The van der Waals surface area contributed by atoms with E-state index in [2.05, 4.69) is 5.32 Å². The summed E-state index contributed by atoms with van der Waals surface area (Å²) in [5.74, 6) is 0. The lowest BCUT2D eigenvalue weighted by Gasteiger charge is -2.02. The zero-order valence-corrected chi connectivity index (χ0v) is 6.10. The fourth-order valence-electron chi connectivity index (χ4n) is 0.690. The van der Waals surface area contributed by atoms with E-state index in [1.807, 2.05) is 12.1 Å². The van der Waals surface area contributed by atoms with Crippen LogP contribution in [-0.2, 0) is 0 Å². The lowest BCUT2D eigenvalue weighted by atomic mass is 10.3. The van der Waals surface area contributed by atoms with Crippen LogP contribution in [0.4, 0.5) is 5.69 Å². The van der Waals surface area contributed by atoms with Gasteiger partial charge in [0.15, 0.2) is 0 Å². The second-order valence-electron chi connectivity index (χ2n) is 1.81. The summed E-state index contributed by atoms with van der Waals surface area (Å²) in [6.45, 7) is -0.0935. The fraction of sp³-hybridized carbons (Fsp3) is 0.143. The first kappa shape index (κ1) is 7.38. The van der Waals surface area contributed by atoms with Gasteiger partial charge < -0.3 is 10.4 Å². The van der Waals surface area contributed by atoms with Crippen molar-refractivity contribution in [2.75, 3.05) is 12.0 Å². The summed E-state index contributed by atoms with van der Waals surface area (Å²) in [5, 5.41) is 11.8. The van der Waals surface area contributed by atoms with Crippen LogP contribution in [-0.4, -0.2) is 11.8 Å². The van der Waals surface area contributed by atoms with Gasteiger partial charge in [-0.05, 0) is 12.1 Å². The zero-order valence-electron chi connectivity index (χ0n) is 5.34. The maximum absolute atomic E-state index is 8.47. The quantitative estimate of drug-likeness (QED) is 0.641. The summed E-state index contributed by atoms with van der Waals surface area (Å²) >= 11 is 5.73. The van der Waals surface area contributed by atoms with Crippen LogP contribution in [0, 0.1) is 0 Å². The predicted octanol–water partition coefficient (Wildman–Crippen LogP) is 1.70. The minimum absolute atomic E-state index is 0.0935. The third-order valence-corrected chi connectivity index (χ3v) is 1.47. The van der Waals surface area contributed by atoms with Gasteiger partial charge in [-0.25, -0.2) is 0 Å². The van der Waals surface area contributed by atoms with E-state index >= 15 is 0 Å². The summed E-state index contributed by atoms with van der Waals surface area (Å²) < 4.78 is 0. The number of para-hydroxylation sites is 1. The SMILES string of the molecule is OCNc1ccccc1Cl. The van der Waals surface area contributed by atoms with Gasteiger partial charge in [-0.15, -0.1) is 0 Å². The Balaban J connectivity index is 2.81. The zero-order chi connectivity index (χ0) is 7.40. The first-order valence-electron chi connectivity index (χ1n) is 2.94. The number of aliphatic hydroxyl groups is 1. The molecule has 0 aliphatic heterocycles. The molecule has 0 heterocycles. The highest BCUT2D eigenvalue weighted by molar-refractivity contribution is 6.33. The van der Waals surface area contributed by atoms with Crippen LogP contribution in [0.25, 0.3) is 0 Å². The van der Waals surface area contributed by atoms with E-state index in [4.69, 9.17) is 16.7 Å². The Morgan fingerprint density at radius 2 is 2.10 bits per heavy atom. The standard InChI is InChI=1S/C7H8ClNO/c8-6-3-1-2-4-7(6)9-5-10/h1-4,9-10H,5H2. The van der Waals surface area contributed by atoms with Gasteiger partial charge in [-0.1, -0.05) is 23.7 Å². The molecule has 2 N–H and O–H groups in total. The predicted molar refractivity (Wildman–Crippen MR) is 42.2 cm³/mol. The average molecular weight is 158 g/mol. The molecule has 0 unspecified atom stereocenters. The van der Waals surface area contributed by atoms with Crippen LogP contribution in [0.3, 0.4) is 0 Å². The van der Waals surface area contributed by atoms with Crippen molar-refractivity contribution in [1.82, 2.24) is 0 Å². The molecule has 0 spiro atoms. The molecular weight excluding hydrogens is 150 g/mol. The van der Waals surface area contributed by atoms with E-state index < -0.39 is 0 Å². The molecule has 0 radical (unpaired) electrons. The molecule has 0 amide bonds. The van der Waals surface area contributed by atoms with Crippen LogP contribution in [0.5, 0.6) is 0 Å². The molecule has 1 aromatic carbocycles. The van der Waals surface area contributed by atoms with E-state index in [1.54, 1.807) is 12.1 Å². The molecule has 0 fully saturated rings. The van der Waals surface area contributed by atoms with Gasteiger partial charge >= 0.3 is 0 Å². The second-order valence-corrected chi connectivity index (χ2v) is 2.22. The van der Waals surface area contributed by atoms with Crippen molar-refractivity contribution in [3.05, 3.63) is 29.3 Å². The van der Waals surface area contributed by atoms with Crippen LogP contribution in [0.2, 0.25) is 5.02 Å². The molecular formula is C7H8ClNO. The highest BCUT2D eigenvalue weighted by Crippen LogP contribution is 2.19. The topological polar surface area (TPSA) is 32.3 Å². The highest BCUT2D eigenvalue weighted by Gasteiger charge is 1.93. The number of hydrogen-bond acceptors (Lipinski definition) is 2. The first-order valence-corrected chi connectivity index (χ1v) is 3.31. The Labute approximate surface area is 64.4 Å². The Morgan fingerprint density at radius 1 is 1.40 bits per heavy atom. The summed E-state index contributed by atoms with van der Waals surface area (Å²) in [6.07, 6.45) is 0. The van der Waals surface area contributed by atoms with E-state index in [-0.39, 0.29) is 6.73 Å². The van der Waals surface area contributed by atoms with Crippen LogP contribution in [0.1, 0.15) is 0 Å². The van der Waals surface area contributed by atoms with Crippen LogP contribution < -0.4 is 5.32 Å². The molecule has 0 bridgehead atoms. The summed E-state index contributed by atoms with van der Waals surface area (Å²) in [4.78, 5) is 0. The molecule has 1 aromatic rings. The molecule has 0 saturated carbocycles. The van der Waals surface area contributed by atoms with Crippen LogP contribution >= 0.6 is 11.6 Å². The number of anilines is 1. The monoisotopic (exact) mass is 157 g/mol. The third kappa shape index (κ3) is 1.62. The van der Waals surface area contributed by atoms with Crippen LogP contribution in [0.15, 0.2) is 24.3 Å². The molecule has 1 rings (SSSR count).